The first kappa shape index (κ1) is 17.3. The second-order valence-electron chi connectivity index (χ2n) is 6.72. The summed E-state index contributed by atoms with van der Waals surface area (Å²) in [6.07, 6.45) is 0.851. The van der Waals surface area contributed by atoms with Crippen LogP contribution in [-0.4, -0.2) is 46.8 Å². The summed E-state index contributed by atoms with van der Waals surface area (Å²) in [7, 11) is 0. The molecule has 2 heterocycles. The lowest BCUT2D eigenvalue weighted by Crippen LogP contribution is -2.40. The minimum atomic E-state index is -0.0115. The zero-order valence-electron chi connectivity index (χ0n) is 14.9. The van der Waals surface area contributed by atoms with Crippen molar-refractivity contribution >= 4 is 6.03 Å². The molecule has 7 nitrogen and oxygen atoms in total. The third-order valence-corrected chi connectivity index (χ3v) is 4.04. The van der Waals surface area contributed by atoms with E-state index < -0.39 is 0 Å². The summed E-state index contributed by atoms with van der Waals surface area (Å²) in [6.45, 7) is 7.94. The monoisotopic (exact) mass is 344 g/mol. The Bertz CT molecular complexity index is 711. The number of carbonyl (C=O) groups is 1. The topological polar surface area (TPSA) is 80.5 Å². The van der Waals surface area contributed by atoms with E-state index in [2.05, 4.69) is 29.3 Å². The van der Waals surface area contributed by atoms with E-state index >= 15 is 0 Å². The lowest BCUT2D eigenvalue weighted by Gasteiger charge is -2.18. The number of carbonyl (C=O) groups excluding carboxylic acids is 1. The van der Waals surface area contributed by atoms with Crippen molar-refractivity contribution in [2.24, 2.45) is 5.92 Å². The third-order valence-electron chi connectivity index (χ3n) is 4.04. The SMILES string of the molecule is Cc1nc(-c2ccc(OC3CCN(C(=O)NCC(C)C)C3)cc2)no1. The van der Waals surface area contributed by atoms with Gasteiger partial charge < -0.3 is 19.5 Å². The zero-order chi connectivity index (χ0) is 17.8. The molecule has 1 aliphatic rings. The van der Waals surface area contributed by atoms with E-state index in [0.717, 1.165) is 24.3 Å². The predicted molar refractivity (Wildman–Crippen MR) is 93.3 cm³/mol. The number of benzene rings is 1. The number of aryl methyl sites for hydroxylation is 1. The molecule has 1 atom stereocenters. The standard InChI is InChI=1S/C18H24N4O3/c1-12(2)10-19-18(23)22-9-8-16(11-22)24-15-6-4-14(5-7-15)17-20-13(3)25-21-17/h4-7,12,16H,8-11H2,1-3H3,(H,19,23). The van der Waals surface area contributed by atoms with Crippen LogP contribution in [0, 0.1) is 12.8 Å². The summed E-state index contributed by atoms with van der Waals surface area (Å²) >= 11 is 0. The smallest absolute Gasteiger partial charge is 0.317 e. The van der Waals surface area contributed by atoms with Crippen molar-refractivity contribution in [2.75, 3.05) is 19.6 Å². The van der Waals surface area contributed by atoms with E-state index in [-0.39, 0.29) is 12.1 Å². The minimum Gasteiger partial charge on any atom is -0.489 e. The van der Waals surface area contributed by atoms with Crippen LogP contribution in [0.2, 0.25) is 0 Å². The molecule has 1 aliphatic heterocycles. The van der Waals surface area contributed by atoms with Gasteiger partial charge in [-0.25, -0.2) is 4.79 Å². The van der Waals surface area contributed by atoms with Crippen LogP contribution in [0.3, 0.4) is 0 Å². The summed E-state index contributed by atoms with van der Waals surface area (Å²) in [5.74, 6) is 2.33. The van der Waals surface area contributed by atoms with Crippen molar-refractivity contribution in [3.63, 3.8) is 0 Å². The fraction of sp³-hybridized carbons (Fsp3) is 0.500. The molecular formula is C18H24N4O3. The first-order chi connectivity index (χ1) is 12.0. The number of likely N-dealkylation sites (tertiary alicyclic amines) is 1. The number of aromatic nitrogens is 2. The van der Waals surface area contributed by atoms with E-state index in [0.29, 0.717) is 30.7 Å². The van der Waals surface area contributed by atoms with Crippen molar-refractivity contribution in [2.45, 2.75) is 33.3 Å². The molecular weight excluding hydrogens is 320 g/mol. The van der Waals surface area contributed by atoms with Crippen LogP contribution >= 0.6 is 0 Å². The van der Waals surface area contributed by atoms with Gasteiger partial charge in [0.25, 0.3) is 0 Å². The zero-order valence-corrected chi connectivity index (χ0v) is 14.9. The molecule has 134 valence electrons. The van der Waals surface area contributed by atoms with Gasteiger partial charge in [-0.3, -0.25) is 0 Å². The average molecular weight is 344 g/mol. The molecule has 0 spiro atoms. The maximum absolute atomic E-state index is 12.1. The fourth-order valence-electron chi connectivity index (χ4n) is 2.70. The maximum atomic E-state index is 12.1. The highest BCUT2D eigenvalue weighted by atomic mass is 16.5. The van der Waals surface area contributed by atoms with Crippen molar-refractivity contribution in [3.8, 4) is 17.1 Å². The van der Waals surface area contributed by atoms with Gasteiger partial charge in [-0.2, -0.15) is 4.98 Å². The molecule has 1 aromatic heterocycles. The number of amides is 2. The molecule has 1 aromatic carbocycles. The maximum Gasteiger partial charge on any atom is 0.317 e. The highest BCUT2D eigenvalue weighted by Gasteiger charge is 2.27. The van der Waals surface area contributed by atoms with Crippen molar-refractivity contribution in [1.29, 1.82) is 0 Å². The predicted octanol–water partition coefficient (Wildman–Crippen LogP) is 2.86. The van der Waals surface area contributed by atoms with Crippen LogP contribution in [0.25, 0.3) is 11.4 Å². The van der Waals surface area contributed by atoms with Gasteiger partial charge in [0.15, 0.2) is 0 Å². The van der Waals surface area contributed by atoms with E-state index in [9.17, 15) is 4.79 Å². The van der Waals surface area contributed by atoms with Gasteiger partial charge in [0.1, 0.15) is 11.9 Å². The number of nitrogens with one attached hydrogen (secondary N) is 1. The van der Waals surface area contributed by atoms with Gasteiger partial charge in [0.05, 0.1) is 6.54 Å². The molecule has 1 N–H and O–H groups in total. The first-order valence-corrected chi connectivity index (χ1v) is 8.61. The van der Waals surface area contributed by atoms with Gasteiger partial charge in [-0.15, -0.1) is 0 Å². The second-order valence-corrected chi connectivity index (χ2v) is 6.72. The van der Waals surface area contributed by atoms with Gasteiger partial charge in [-0.05, 0) is 30.2 Å². The average Bonchev–Trinajstić information content (AvgIpc) is 3.22. The van der Waals surface area contributed by atoms with Crippen LogP contribution in [0.4, 0.5) is 4.79 Å². The van der Waals surface area contributed by atoms with Crippen LogP contribution in [-0.2, 0) is 0 Å². The lowest BCUT2D eigenvalue weighted by atomic mass is 10.2. The summed E-state index contributed by atoms with van der Waals surface area (Å²) < 4.78 is 11.0. The number of ether oxygens (including phenoxy) is 1. The van der Waals surface area contributed by atoms with Crippen molar-refractivity contribution in [3.05, 3.63) is 30.2 Å². The molecule has 3 rings (SSSR count). The highest BCUT2D eigenvalue weighted by Crippen LogP contribution is 2.22. The van der Waals surface area contributed by atoms with E-state index in [1.807, 2.05) is 29.2 Å². The van der Waals surface area contributed by atoms with Crippen molar-refractivity contribution < 1.29 is 14.1 Å². The number of hydrogen-bond donors (Lipinski definition) is 1. The fourth-order valence-corrected chi connectivity index (χ4v) is 2.70. The molecule has 0 radical (unpaired) electrons. The second kappa shape index (κ2) is 7.55. The quantitative estimate of drug-likeness (QED) is 0.902. The molecule has 0 bridgehead atoms. The lowest BCUT2D eigenvalue weighted by molar-refractivity contribution is 0.186. The summed E-state index contributed by atoms with van der Waals surface area (Å²) in [4.78, 5) is 18.1. The highest BCUT2D eigenvalue weighted by molar-refractivity contribution is 5.74. The van der Waals surface area contributed by atoms with E-state index in [1.54, 1.807) is 6.92 Å². The Kier molecular flexibility index (Phi) is 5.21. The number of urea groups is 1. The Hall–Kier alpha value is -2.57. The van der Waals surface area contributed by atoms with Crippen LogP contribution in [0.15, 0.2) is 28.8 Å². The van der Waals surface area contributed by atoms with Gasteiger partial charge in [0.2, 0.25) is 11.7 Å². The number of rotatable bonds is 5. The Morgan fingerprint density at radius 2 is 2.16 bits per heavy atom. The first-order valence-electron chi connectivity index (χ1n) is 8.61. The largest absolute Gasteiger partial charge is 0.489 e. The summed E-state index contributed by atoms with van der Waals surface area (Å²) in [5.41, 5.74) is 0.880. The van der Waals surface area contributed by atoms with E-state index in [1.165, 1.54) is 0 Å². The summed E-state index contributed by atoms with van der Waals surface area (Å²) in [6, 6.07) is 7.58. The van der Waals surface area contributed by atoms with Crippen LogP contribution in [0.1, 0.15) is 26.2 Å². The molecule has 7 heteroatoms. The number of nitrogens with zero attached hydrogens (tertiary/aromatic N) is 3. The molecule has 25 heavy (non-hydrogen) atoms. The van der Waals surface area contributed by atoms with Crippen LogP contribution < -0.4 is 10.1 Å². The van der Waals surface area contributed by atoms with Gasteiger partial charge in [0, 0.05) is 32.0 Å². The van der Waals surface area contributed by atoms with E-state index in [4.69, 9.17) is 9.26 Å². The Labute approximate surface area is 147 Å². The Morgan fingerprint density at radius 1 is 1.40 bits per heavy atom. The third kappa shape index (κ3) is 4.49. The Morgan fingerprint density at radius 3 is 2.80 bits per heavy atom. The molecule has 1 fully saturated rings. The van der Waals surface area contributed by atoms with Gasteiger partial charge >= 0.3 is 6.03 Å². The number of hydrogen-bond acceptors (Lipinski definition) is 5. The molecule has 0 aliphatic carbocycles. The molecule has 1 unspecified atom stereocenters. The minimum absolute atomic E-state index is 0.0115. The molecule has 2 aromatic rings. The molecule has 2 amide bonds. The normalized spacial score (nSPS) is 17.1. The molecule has 1 saturated heterocycles. The summed E-state index contributed by atoms with van der Waals surface area (Å²) in [5, 5.41) is 6.84. The van der Waals surface area contributed by atoms with Gasteiger partial charge in [-0.1, -0.05) is 19.0 Å². The van der Waals surface area contributed by atoms with Crippen LogP contribution in [0.5, 0.6) is 5.75 Å². The Balaban J connectivity index is 1.52. The van der Waals surface area contributed by atoms with Crippen molar-refractivity contribution in [1.82, 2.24) is 20.4 Å². The molecule has 0 saturated carbocycles.